The maximum atomic E-state index is 9.22. The molecule has 0 bridgehead atoms. The van der Waals surface area contributed by atoms with E-state index in [4.69, 9.17) is 5.21 Å². The average Bonchev–Trinajstić information content (AvgIpc) is 1.61. The maximum absolute atomic E-state index is 9.22. The smallest absolute Gasteiger partial charge is 0.408 e. The summed E-state index contributed by atoms with van der Waals surface area (Å²) in [6, 6.07) is 0. The minimum atomic E-state index is -1.75. The van der Waals surface area contributed by atoms with Crippen molar-refractivity contribution in [1.82, 2.24) is 0 Å². The van der Waals surface area contributed by atoms with Crippen LogP contribution < -0.4 is 0 Å². The third kappa shape index (κ3) is 4.74. The fourth-order valence-electron chi connectivity index (χ4n) is 0.0666. The van der Waals surface area contributed by atoms with Crippen LogP contribution in [0.3, 0.4) is 0 Å². The molecular formula is C2H2NO4. The normalized spacial score (nSPS) is 9.14. The molecule has 0 aromatic rings. The summed E-state index contributed by atoms with van der Waals surface area (Å²) in [5.74, 6) is 0. The highest BCUT2D eigenvalue weighted by molar-refractivity contribution is 5.68. The number of nitrogens with zero attached hydrogens (tertiary/aromatic N) is 1. The molecule has 0 spiro atoms. The molecule has 0 heterocycles. The Morgan fingerprint density at radius 3 is 2.57 bits per heavy atom. The lowest BCUT2D eigenvalue weighted by Crippen LogP contribution is -1.93. The first kappa shape index (κ1) is 5.74. The molecule has 0 unspecified atom stereocenters. The topological polar surface area (TPSA) is 78.8 Å². The molecule has 0 fully saturated rings. The maximum Gasteiger partial charge on any atom is 0.556 e. The van der Waals surface area contributed by atoms with Crippen LogP contribution in [0.15, 0.2) is 5.16 Å². The fraction of sp³-hybridized carbons (Fsp3) is 0. The van der Waals surface area contributed by atoms with Crippen LogP contribution in [0.2, 0.25) is 0 Å². The first-order chi connectivity index (χ1) is 3.27. The number of rotatable bonds is 1. The summed E-state index contributed by atoms with van der Waals surface area (Å²) in [4.78, 5) is 9.22. The number of ether oxygens (including phenoxy) is 1. The summed E-state index contributed by atoms with van der Waals surface area (Å²) < 4.78 is 3.45. The molecule has 0 aromatic heterocycles. The van der Waals surface area contributed by atoms with Gasteiger partial charge in [0.15, 0.2) is 0 Å². The Hall–Kier alpha value is -1.26. The van der Waals surface area contributed by atoms with E-state index in [1.807, 2.05) is 0 Å². The second-order valence-corrected chi connectivity index (χ2v) is 0.589. The summed E-state index contributed by atoms with van der Waals surface area (Å²) in [5.41, 5.74) is 0. The molecule has 7 heavy (non-hydrogen) atoms. The van der Waals surface area contributed by atoms with Gasteiger partial charge in [0.25, 0.3) is 0 Å². The van der Waals surface area contributed by atoms with E-state index in [2.05, 4.69) is 9.89 Å². The van der Waals surface area contributed by atoms with Gasteiger partial charge in [0.1, 0.15) is 0 Å². The molecule has 5 heteroatoms. The molecule has 1 N–H and O–H groups in total. The van der Waals surface area contributed by atoms with E-state index >= 15 is 0 Å². The fourth-order valence-corrected chi connectivity index (χ4v) is 0.0666. The van der Waals surface area contributed by atoms with Gasteiger partial charge in [-0.3, -0.25) is 0 Å². The van der Waals surface area contributed by atoms with Crippen molar-refractivity contribution in [1.29, 1.82) is 0 Å². The van der Waals surface area contributed by atoms with E-state index in [1.54, 1.807) is 0 Å². The summed E-state index contributed by atoms with van der Waals surface area (Å²) in [6.45, 7) is 0. The van der Waals surface area contributed by atoms with Crippen molar-refractivity contribution >= 4 is 12.6 Å². The molecule has 0 atom stereocenters. The third-order valence-corrected chi connectivity index (χ3v) is 0.196. The van der Waals surface area contributed by atoms with Gasteiger partial charge in [0.2, 0.25) is 6.40 Å². The van der Waals surface area contributed by atoms with Crippen molar-refractivity contribution in [3.63, 3.8) is 0 Å². The van der Waals surface area contributed by atoms with E-state index < -0.39 is 6.16 Å². The Morgan fingerprint density at radius 1 is 1.86 bits per heavy atom. The lowest BCUT2D eigenvalue weighted by Gasteiger charge is -1.77. The minimum absolute atomic E-state index is 0.343. The Morgan fingerprint density at radius 2 is 2.43 bits per heavy atom. The molecule has 0 aliphatic carbocycles. The van der Waals surface area contributed by atoms with Gasteiger partial charge in [0.05, 0.1) is 0 Å². The summed E-state index contributed by atoms with van der Waals surface area (Å²) in [7, 11) is 0. The molecule has 39 valence electrons. The minimum Gasteiger partial charge on any atom is -0.408 e. The molecule has 0 amide bonds. The number of hydrogen-bond donors (Lipinski definition) is 1. The standard InChI is InChI=1S/C2H2NO4/c4-2(5)7-1-3-6/h1,6H/b3-1+. The summed E-state index contributed by atoms with van der Waals surface area (Å²) in [5, 5.41) is 18.9. The molecule has 0 saturated heterocycles. The summed E-state index contributed by atoms with van der Waals surface area (Å²) in [6.07, 6.45) is -1.41. The lowest BCUT2D eigenvalue weighted by molar-refractivity contribution is 0.114. The quantitative estimate of drug-likeness (QED) is 0.167. The van der Waals surface area contributed by atoms with Crippen molar-refractivity contribution < 1.29 is 19.8 Å². The SMILES string of the molecule is [O]C(=O)O/C=N/O. The van der Waals surface area contributed by atoms with E-state index in [0.717, 1.165) is 0 Å². The van der Waals surface area contributed by atoms with E-state index in [9.17, 15) is 9.90 Å². The van der Waals surface area contributed by atoms with Gasteiger partial charge in [-0.2, -0.15) is 9.90 Å². The predicted octanol–water partition coefficient (Wildman–Crippen LogP) is -0.0290. The van der Waals surface area contributed by atoms with Crippen molar-refractivity contribution in [3.05, 3.63) is 0 Å². The van der Waals surface area contributed by atoms with Crippen LogP contribution in [0.1, 0.15) is 0 Å². The van der Waals surface area contributed by atoms with Gasteiger partial charge in [-0.15, -0.1) is 0 Å². The van der Waals surface area contributed by atoms with Crippen LogP contribution in [0, 0.1) is 0 Å². The molecule has 1 radical (unpaired) electrons. The zero-order chi connectivity index (χ0) is 5.70. The molecule has 5 nitrogen and oxygen atoms in total. The highest BCUT2D eigenvalue weighted by Crippen LogP contribution is 1.67. The van der Waals surface area contributed by atoms with Crippen LogP contribution in [0.25, 0.3) is 0 Å². The van der Waals surface area contributed by atoms with E-state index in [0.29, 0.717) is 6.40 Å². The van der Waals surface area contributed by atoms with Gasteiger partial charge in [-0.1, -0.05) is 5.16 Å². The number of carbonyl (C=O) groups is 1. The molecule has 0 saturated carbocycles. The van der Waals surface area contributed by atoms with Gasteiger partial charge < -0.3 is 9.94 Å². The summed E-state index contributed by atoms with van der Waals surface area (Å²) >= 11 is 0. The Kier molecular flexibility index (Phi) is 2.42. The predicted molar refractivity (Wildman–Crippen MR) is 17.4 cm³/mol. The Bertz CT molecular complexity index is 87.7. The molecule has 0 rings (SSSR count). The van der Waals surface area contributed by atoms with Crippen molar-refractivity contribution in [2.75, 3.05) is 0 Å². The largest absolute Gasteiger partial charge is 0.556 e. The first-order valence-electron chi connectivity index (χ1n) is 1.31. The molecule has 0 aromatic carbocycles. The van der Waals surface area contributed by atoms with Crippen LogP contribution in [0.5, 0.6) is 0 Å². The zero-order valence-corrected chi connectivity index (χ0v) is 3.20. The molecule has 0 aliphatic heterocycles. The molecular weight excluding hydrogens is 102 g/mol. The van der Waals surface area contributed by atoms with Crippen LogP contribution in [-0.4, -0.2) is 17.8 Å². The third-order valence-electron chi connectivity index (χ3n) is 0.196. The van der Waals surface area contributed by atoms with Gasteiger partial charge in [-0.05, 0) is 0 Å². The van der Waals surface area contributed by atoms with Crippen LogP contribution in [0.4, 0.5) is 4.79 Å². The average molecular weight is 104 g/mol. The van der Waals surface area contributed by atoms with Gasteiger partial charge in [-0.25, -0.2) is 0 Å². The lowest BCUT2D eigenvalue weighted by atomic mass is 11.3. The van der Waals surface area contributed by atoms with Gasteiger partial charge in [0, 0.05) is 0 Å². The van der Waals surface area contributed by atoms with Crippen molar-refractivity contribution in [2.45, 2.75) is 0 Å². The van der Waals surface area contributed by atoms with E-state index in [-0.39, 0.29) is 0 Å². The highest BCUT2D eigenvalue weighted by Gasteiger charge is 1.91. The monoisotopic (exact) mass is 104 g/mol. The number of oxime groups is 1. The number of hydrogen-bond acceptors (Lipinski definition) is 4. The van der Waals surface area contributed by atoms with Crippen molar-refractivity contribution in [3.8, 4) is 0 Å². The van der Waals surface area contributed by atoms with Crippen LogP contribution in [-0.2, 0) is 9.84 Å². The van der Waals surface area contributed by atoms with Gasteiger partial charge >= 0.3 is 6.16 Å². The second-order valence-electron chi connectivity index (χ2n) is 0.589. The first-order valence-corrected chi connectivity index (χ1v) is 1.31. The highest BCUT2D eigenvalue weighted by atomic mass is 16.7. The second kappa shape index (κ2) is 2.95. The Labute approximate surface area is 38.8 Å². The molecule has 0 aliphatic rings. The van der Waals surface area contributed by atoms with Crippen molar-refractivity contribution in [2.24, 2.45) is 5.16 Å². The number of carbonyl (C=O) groups excluding carboxylic acids is 1. The van der Waals surface area contributed by atoms with Crippen LogP contribution >= 0.6 is 0 Å². The Balaban J connectivity index is 3.14. The zero-order valence-electron chi connectivity index (χ0n) is 3.20. The van der Waals surface area contributed by atoms with E-state index in [1.165, 1.54) is 0 Å².